The number of nitrogens with zero attached hydrogens (tertiary/aromatic N) is 2. The maximum absolute atomic E-state index is 9.34. The lowest BCUT2D eigenvalue weighted by Gasteiger charge is -2.18. The van der Waals surface area contributed by atoms with Crippen LogP contribution in [0.15, 0.2) is 0 Å². The van der Waals surface area contributed by atoms with Crippen molar-refractivity contribution in [1.82, 2.24) is 10.1 Å². The van der Waals surface area contributed by atoms with Gasteiger partial charge in [-0.15, -0.1) is 0 Å². The first-order valence-electron chi connectivity index (χ1n) is 9.21. The molecule has 0 bridgehead atoms. The van der Waals surface area contributed by atoms with Gasteiger partial charge in [0, 0.05) is 26.2 Å². The van der Waals surface area contributed by atoms with Crippen molar-refractivity contribution >= 4 is 0 Å². The molecule has 0 fully saturated rings. The summed E-state index contributed by atoms with van der Waals surface area (Å²) in [5.41, 5.74) is 0. The maximum atomic E-state index is 9.34. The minimum Gasteiger partial charge on any atom is -0.314 e. The van der Waals surface area contributed by atoms with E-state index in [1.54, 1.807) is 0 Å². The average Bonchev–Trinajstić information content (AvgIpc) is 2.38. The van der Waals surface area contributed by atoms with Gasteiger partial charge in [0.25, 0.3) is 0 Å². The van der Waals surface area contributed by atoms with Crippen LogP contribution >= 0.6 is 0 Å². The van der Waals surface area contributed by atoms with Gasteiger partial charge in [-0.25, -0.2) is 0 Å². The van der Waals surface area contributed by atoms with Crippen LogP contribution in [0.4, 0.5) is 0 Å². The number of hydrogen-bond donors (Lipinski definition) is 2. The second-order valence-corrected chi connectivity index (χ2v) is 7.03. The van der Waals surface area contributed by atoms with Crippen LogP contribution in [-0.2, 0) is 0 Å². The predicted molar refractivity (Wildman–Crippen MR) is 95.4 cm³/mol. The molecule has 0 unspecified atom stereocenters. The van der Waals surface area contributed by atoms with Gasteiger partial charge >= 0.3 is 0 Å². The molecular formula is C18H42N2O2. The van der Waals surface area contributed by atoms with E-state index in [0.717, 1.165) is 39.0 Å². The lowest BCUT2D eigenvalue weighted by Crippen LogP contribution is -2.27. The van der Waals surface area contributed by atoms with E-state index in [1.807, 2.05) is 0 Å². The van der Waals surface area contributed by atoms with E-state index < -0.39 is 0 Å². The number of unbranched alkanes of at least 4 members (excludes halogenated alkanes) is 4. The van der Waals surface area contributed by atoms with Gasteiger partial charge in [-0.1, -0.05) is 67.2 Å². The first-order chi connectivity index (χ1) is 10.3. The fourth-order valence-electron chi connectivity index (χ4n) is 2.12. The Morgan fingerprint density at radius 2 is 1.00 bits per heavy atom. The molecule has 4 heteroatoms. The zero-order chi connectivity index (χ0) is 17.4. The summed E-state index contributed by atoms with van der Waals surface area (Å²) < 4.78 is 0. The third-order valence-electron chi connectivity index (χ3n) is 3.19. The van der Waals surface area contributed by atoms with E-state index in [2.05, 4.69) is 41.5 Å². The van der Waals surface area contributed by atoms with Crippen LogP contribution in [0.3, 0.4) is 0 Å². The minimum absolute atomic E-state index is 0.545. The van der Waals surface area contributed by atoms with E-state index in [1.165, 1.54) is 35.8 Å². The third kappa shape index (κ3) is 22.1. The monoisotopic (exact) mass is 318 g/mol. The standard InChI is InChI=1S/C10H23NO.C8H19NO/c1-3-5-7-9-11(12)10-8-6-4-2;1-7(2)5-9(10)6-8(3)4/h12H,3-10H2,1-2H3;7-8,10H,5-6H2,1-4H3. The van der Waals surface area contributed by atoms with Crippen molar-refractivity contribution in [3.8, 4) is 0 Å². The SMILES string of the molecule is CC(C)CN(O)CC(C)C.CCCCCN(O)CCCCC. The summed E-state index contributed by atoms with van der Waals surface area (Å²) in [6, 6.07) is 0. The number of rotatable bonds is 12. The number of hydrogen-bond acceptors (Lipinski definition) is 4. The number of hydroxylamine groups is 4. The first-order valence-corrected chi connectivity index (χ1v) is 9.21. The van der Waals surface area contributed by atoms with E-state index in [4.69, 9.17) is 0 Å². The summed E-state index contributed by atoms with van der Waals surface area (Å²) >= 11 is 0. The molecule has 0 heterocycles. The third-order valence-corrected chi connectivity index (χ3v) is 3.19. The highest BCUT2D eigenvalue weighted by atomic mass is 16.5. The molecule has 0 aliphatic carbocycles. The maximum Gasteiger partial charge on any atom is 0.0261 e. The highest BCUT2D eigenvalue weighted by Crippen LogP contribution is 2.00. The molecule has 0 aromatic carbocycles. The molecule has 4 nitrogen and oxygen atoms in total. The van der Waals surface area contributed by atoms with Gasteiger partial charge in [0.1, 0.15) is 0 Å². The molecule has 0 saturated heterocycles. The Balaban J connectivity index is 0. The van der Waals surface area contributed by atoms with Crippen LogP contribution in [0, 0.1) is 11.8 Å². The molecule has 0 spiro atoms. The Labute approximate surface area is 139 Å². The Morgan fingerprint density at radius 3 is 1.27 bits per heavy atom. The molecule has 0 aliphatic heterocycles. The molecule has 0 atom stereocenters. The van der Waals surface area contributed by atoms with Crippen LogP contribution in [0.2, 0.25) is 0 Å². The van der Waals surface area contributed by atoms with Gasteiger partial charge in [0.15, 0.2) is 0 Å². The van der Waals surface area contributed by atoms with Crippen LogP contribution < -0.4 is 0 Å². The molecule has 2 N–H and O–H groups in total. The van der Waals surface area contributed by atoms with Crippen LogP contribution in [0.25, 0.3) is 0 Å². The largest absolute Gasteiger partial charge is 0.314 e. The zero-order valence-electron chi connectivity index (χ0n) is 16.0. The molecule has 0 aliphatic rings. The van der Waals surface area contributed by atoms with Crippen LogP contribution in [0.1, 0.15) is 80.1 Å². The van der Waals surface area contributed by atoms with Crippen molar-refractivity contribution in [2.75, 3.05) is 26.2 Å². The summed E-state index contributed by atoms with van der Waals surface area (Å²) in [4.78, 5) is 0. The molecule has 22 heavy (non-hydrogen) atoms. The Morgan fingerprint density at radius 1 is 0.636 bits per heavy atom. The quantitative estimate of drug-likeness (QED) is 0.390. The highest BCUT2D eigenvalue weighted by molar-refractivity contribution is 4.52. The van der Waals surface area contributed by atoms with Crippen molar-refractivity contribution in [3.63, 3.8) is 0 Å². The van der Waals surface area contributed by atoms with E-state index in [9.17, 15) is 10.4 Å². The molecule has 0 aromatic heterocycles. The summed E-state index contributed by atoms with van der Waals surface area (Å²) in [6.07, 6.45) is 7.15. The molecule has 0 rings (SSSR count). The van der Waals surface area contributed by atoms with E-state index >= 15 is 0 Å². The van der Waals surface area contributed by atoms with Gasteiger partial charge < -0.3 is 10.4 Å². The fraction of sp³-hybridized carbons (Fsp3) is 1.00. The molecular weight excluding hydrogens is 276 g/mol. The normalized spacial score (nSPS) is 11.5. The van der Waals surface area contributed by atoms with Gasteiger partial charge in [0.2, 0.25) is 0 Å². The van der Waals surface area contributed by atoms with Crippen molar-refractivity contribution < 1.29 is 10.4 Å². The lowest BCUT2D eigenvalue weighted by molar-refractivity contribution is -0.106. The van der Waals surface area contributed by atoms with Gasteiger partial charge in [0.05, 0.1) is 0 Å². The molecule has 0 radical (unpaired) electrons. The highest BCUT2D eigenvalue weighted by Gasteiger charge is 2.04. The Hall–Kier alpha value is -0.160. The summed E-state index contributed by atoms with van der Waals surface area (Å²) in [6.45, 7) is 16.0. The smallest absolute Gasteiger partial charge is 0.0261 e. The van der Waals surface area contributed by atoms with E-state index in [0.29, 0.717) is 11.8 Å². The van der Waals surface area contributed by atoms with Crippen molar-refractivity contribution in [2.45, 2.75) is 80.1 Å². The first kappa shape index (κ1) is 24.1. The Bertz CT molecular complexity index is 191. The fourth-order valence-corrected chi connectivity index (χ4v) is 2.12. The molecule has 0 saturated carbocycles. The van der Waals surface area contributed by atoms with Gasteiger partial charge in [-0.2, -0.15) is 10.1 Å². The Kier molecular flexibility index (Phi) is 18.8. The summed E-state index contributed by atoms with van der Waals surface area (Å²) in [5.74, 6) is 1.09. The molecule has 0 amide bonds. The summed E-state index contributed by atoms with van der Waals surface area (Å²) in [7, 11) is 0. The zero-order valence-corrected chi connectivity index (χ0v) is 16.0. The second-order valence-electron chi connectivity index (χ2n) is 7.03. The average molecular weight is 319 g/mol. The molecule has 136 valence electrons. The van der Waals surface area contributed by atoms with Crippen LogP contribution in [-0.4, -0.2) is 46.7 Å². The van der Waals surface area contributed by atoms with Crippen LogP contribution in [0.5, 0.6) is 0 Å². The van der Waals surface area contributed by atoms with Crippen molar-refractivity contribution in [1.29, 1.82) is 0 Å². The van der Waals surface area contributed by atoms with Crippen molar-refractivity contribution in [3.05, 3.63) is 0 Å². The van der Waals surface area contributed by atoms with Crippen molar-refractivity contribution in [2.24, 2.45) is 11.8 Å². The van der Waals surface area contributed by atoms with Gasteiger partial charge in [-0.05, 0) is 24.7 Å². The summed E-state index contributed by atoms with van der Waals surface area (Å²) in [5, 5.41) is 21.4. The predicted octanol–water partition coefficient (Wildman–Crippen LogP) is 5.05. The molecule has 0 aromatic rings. The van der Waals surface area contributed by atoms with Gasteiger partial charge in [-0.3, -0.25) is 0 Å². The minimum atomic E-state index is 0.545. The topological polar surface area (TPSA) is 46.9 Å². The van der Waals surface area contributed by atoms with E-state index in [-0.39, 0.29) is 0 Å². The second kappa shape index (κ2) is 17.2. The lowest BCUT2D eigenvalue weighted by atomic mass is 10.2.